The van der Waals surface area contributed by atoms with Gasteiger partial charge in [0.1, 0.15) is 30.1 Å². The second kappa shape index (κ2) is 6.99. The highest BCUT2D eigenvalue weighted by molar-refractivity contribution is 5.38. The Bertz CT molecular complexity index is 833. The van der Waals surface area contributed by atoms with E-state index in [1.165, 1.54) is 0 Å². The van der Waals surface area contributed by atoms with E-state index in [1.807, 2.05) is 22.9 Å². The van der Waals surface area contributed by atoms with Gasteiger partial charge in [0.25, 0.3) is 0 Å². The SMILES string of the molecule is CCc1nccn1Cc1cc(C#Cc2coc(COC)c2)on1. The molecule has 23 heavy (non-hydrogen) atoms. The van der Waals surface area contributed by atoms with Crippen molar-refractivity contribution in [1.82, 2.24) is 14.7 Å². The number of aryl methyl sites for hydroxylation is 1. The van der Waals surface area contributed by atoms with Gasteiger partial charge in [-0.2, -0.15) is 0 Å². The fourth-order valence-electron chi connectivity index (χ4n) is 2.22. The molecule has 6 heteroatoms. The lowest BCUT2D eigenvalue weighted by Gasteiger charge is -2.02. The Hall–Kier alpha value is -2.78. The van der Waals surface area contributed by atoms with Gasteiger partial charge in [0.2, 0.25) is 5.76 Å². The predicted molar refractivity (Wildman–Crippen MR) is 82.6 cm³/mol. The monoisotopic (exact) mass is 311 g/mol. The zero-order valence-electron chi connectivity index (χ0n) is 13.1. The van der Waals surface area contributed by atoms with Crippen LogP contribution in [0.2, 0.25) is 0 Å². The lowest BCUT2D eigenvalue weighted by molar-refractivity contribution is 0.164. The fourth-order valence-corrected chi connectivity index (χ4v) is 2.22. The Labute approximate surface area is 134 Å². The molecule has 0 aliphatic rings. The number of furan rings is 1. The Morgan fingerprint density at radius 1 is 1.30 bits per heavy atom. The number of aromatic nitrogens is 3. The molecule has 0 atom stereocenters. The first-order valence-corrected chi connectivity index (χ1v) is 7.32. The average Bonchev–Trinajstić information content (AvgIpc) is 3.27. The van der Waals surface area contributed by atoms with Crippen LogP contribution in [-0.2, 0) is 24.3 Å². The molecular formula is C17H17N3O3. The summed E-state index contributed by atoms with van der Waals surface area (Å²) in [4.78, 5) is 4.29. The third kappa shape index (κ3) is 3.71. The van der Waals surface area contributed by atoms with Gasteiger partial charge in [0.05, 0.1) is 12.1 Å². The highest BCUT2D eigenvalue weighted by Crippen LogP contribution is 2.09. The van der Waals surface area contributed by atoms with E-state index in [4.69, 9.17) is 13.7 Å². The lowest BCUT2D eigenvalue weighted by Crippen LogP contribution is -2.03. The number of imidazole rings is 1. The summed E-state index contributed by atoms with van der Waals surface area (Å²) in [6.45, 7) is 3.12. The van der Waals surface area contributed by atoms with Crippen LogP contribution in [0, 0.1) is 11.8 Å². The molecule has 0 unspecified atom stereocenters. The van der Waals surface area contributed by atoms with Crippen LogP contribution in [0.1, 0.15) is 35.5 Å². The van der Waals surface area contributed by atoms with Crippen LogP contribution in [-0.4, -0.2) is 21.8 Å². The van der Waals surface area contributed by atoms with E-state index in [2.05, 4.69) is 28.9 Å². The molecule has 0 spiro atoms. The Balaban J connectivity index is 1.68. The fraction of sp³-hybridized carbons (Fsp3) is 0.294. The largest absolute Gasteiger partial charge is 0.466 e. The van der Waals surface area contributed by atoms with Gasteiger partial charge in [-0.3, -0.25) is 0 Å². The number of hydrogen-bond donors (Lipinski definition) is 0. The molecule has 3 aromatic rings. The van der Waals surface area contributed by atoms with Crippen molar-refractivity contribution in [2.24, 2.45) is 0 Å². The summed E-state index contributed by atoms with van der Waals surface area (Å²) in [6, 6.07) is 3.68. The normalized spacial score (nSPS) is 10.5. The second-order valence-electron chi connectivity index (χ2n) is 4.99. The van der Waals surface area contributed by atoms with Gasteiger partial charge in [-0.05, 0) is 12.0 Å². The van der Waals surface area contributed by atoms with Crippen molar-refractivity contribution in [2.45, 2.75) is 26.5 Å². The van der Waals surface area contributed by atoms with Crippen molar-refractivity contribution < 1.29 is 13.7 Å². The van der Waals surface area contributed by atoms with E-state index in [0.29, 0.717) is 18.9 Å². The van der Waals surface area contributed by atoms with Crippen LogP contribution in [0.5, 0.6) is 0 Å². The molecule has 0 aliphatic carbocycles. The molecule has 118 valence electrons. The first-order valence-electron chi connectivity index (χ1n) is 7.32. The van der Waals surface area contributed by atoms with Crippen molar-refractivity contribution in [3.63, 3.8) is 0 Å². The Morgan fingerprint density at radius 3 is 3.04 bits per heavy atom. The minimum Gasteiger partial charge on any atom is -0.466 e. The molecular weight excluding hydrogens is 294 g/mol. The summed E-state index contributed by atoms with van der Waals surface area (Å²) in [5.74, 6) is 8.20. The molecule has 0 radical (unpaired) electrons. The van der Waals surface area contributed by atoms with E-state index in [9.17, 15) is 0 Å². The van der Waals surface area contributed by atoms with Crippen molar-refractivity contribution >= 4 is 0 Å². The lowest BCUT2D eigenvalue weighted by atomic mass is 10.3. The maximum absolute atomic E-state index is 5.31. The Kier molecular flexibility index (Phi) is 4.60. The molecule has 0 fully saturated rings. The molecule has 3 aromatic heterocycles. The third-order valence-electron chi connectivity index (χ3n) is 3.28. The number of ether oxygens (including phenoxy) is 1. The van der Waals surface area contributed by atoms with Crippen LogP contribution in [0.3, 0.4) is 0 Å². The van der Waals surface area contributed by atoms with Crippen LogP contribution in [0.4, 0.5) is 0 Å². The van der Waals surface area contributed by atoms with Gasteiger partial charge < -0.3 is 18.2 Å². The first kappa shape index (κ1) is 15.1. The summed E-state index contributed by atoms with van der Waals surface area (Å²) in [5.41, 5.74) is 1.59. The van der Waals surface area contributed by atoms with Crippen molar-refractivity contribution in [1.29, 1.82) is 0 Å². The molecule has 3 rings (SSSR count). The second-order valence-corrected chi connectivity index (χ2v) is 4.99. The van der Waals surface area contributed by atoms with Crippen molar-refractivity contribution in [2.75, 3.05) is 7.11 Å². The summed E-state index contributed by atoms with van der Waals surface area (Å²) in [7, 11) is 1.62. The molecule has 0 saturated carbocycles. The van der Waals surface area contributed by atoms with Gasteiger partial charge in [-0.15, -0.1) is 0 Å². The summed E-state index contributed by atoms with van der Waals surface area (Å²) < 4.78 is 17.6. The van der Waals surface area contributed by atoms with Crippen LogP contribution < -0.4 is 0 Å². The highest BCUT2D eigenvalue weighted by atomic mass is 16.5. The summed E-state index contributed by atoms with van der Waals surface area (Å²) in [5, 5.41) is 4.04. The van der Waals surface area contributed by atoms with Crippen LogP contribution in [0.15, 0.2) is 39.7 Å². The standard InChI is InChI=1S/C17H17N3O3/c1-3-17-18-6-7-20(17)10-14-9-15(23-19-14)5-4-13-8-16(12-21-2)22-11-13/h6-9,11H,3,10,12H2,1-2H3. The van der Waals surface area contributed by atoms with Crippen molar-refractivity contribution in [3.8, 4) is 11.8 Å². The zero-order valence-corrected chi connectivity index (χ0v) is 13.1. The number of hydrogen-bond acceptors (Lipinski definition) is 5. The molecule has 0 aliphatic heterocycles. The van der Waals surface area contributed by atoms with E-state index in [-0.39, 0.29) is 0 Å². The van der Waals surface area contributed by atoms with Crippen LogP contribution in [0.25, 0.3) is 0 Å². The predicted octanol–water partition coefficient (Wildman–Crippen LogP) is 2.62. The molecule has 6 nitrogen and oxygen atoms in total. The van der Waals surface area contributed by atoms with Gasteiger partial charge in [-0.25, -0.2) is 4.98 Å². The van der Waals surface area contributed by atoms with Gasteiger partial charge in [-0.1, -0.05) is 18.0 Å². The summed E-state index contributed by atoms with van der Waals surface area (Å²) >= 11 is 0. The number of nitrogens with zero attached hydrogens (tertiary/aromatic N) is 3. The first-order chi connectivity index (χ1) is 11.3. The maximum Gasteiger partial charge on any atom is 0.210 e. The number of rotatable bonds is 5. The molecule has 0 N–H and O–H groups in total. The van der Waals surface area contributed by atoms with E-state index < -0.39 is 0 Å². The average molecular weight is 311 g/mol. The molecule has 0 bridgehead atoms. The maximum atomic E-state index is 5.31. The Morgan fingerprint density at radius 2 is 2.22 bits per heavy atom. The number of methoxy groups -OCH3 is 1. The van der Waals surface area contributed by atoms with E-state index >= 15 is 0 Å². The molecule has 0 amide bonds. The minimum atomic E-state index is 0.429. The quantitative estimate of drug-likeness (QED) is 0.678. The summed E-state index contributed by atoms with van der Waals surface area (Å²) in [6.07, 6.45) is 6.19. The topological polar surface area (TPSA) is 66.2 Å². The van der Waals surface area contributed by atoms with Gasteiger partial charge in [0, 0.05) is 32.0 Å². The highest BCUT2D eigenvalue weighted by Gasteiger charge is 2.06. The van der Waals surface area contributed by atoms with Gasteiger partial charge >= 0.3 is 0 Å². The molecule has 3 heterocycles. The third-order valence-corrected chi connectivity index (χ3v) is 3.28. The van der Waals surface area contributed by atoms with Gasteiger partial charge in [0.15, 0.2) is 0 Å². The van der Waals surface area contributed by atoms with Crippen molar-refractivity contribution in [3.05, 3.63) is 59.4 Å². The minimum absolute atomic E-state index is 0.429. The van der Waals surface area contributed by atoms with E-state index in [1.54, 1.807) is 19.6 Å². The van der Waals surface area contributed by atoms with Crippen LogP contribution >= 0.6 is 0 Å². The smallest absolute Gasteiger partial charge is 0.210 e. The molecule has 0 saturated heterocycles. The zero-order chi connectivity index (χ0) is 16.1. The van der Waals surface area contributed by atoms with E-state index in [0.717, 1.165) is 29.3 Å². The molecule has 0 aromatic carbocycles.